The molecule has 0 aliphatic heterocycles. The van der Waals surface area contributed by atoms with Crippen molar-refractivity contribution in [2.45, 2.75) is 0 Å². The number of hydrogen-bond donors (Lipinski definition) is 1. The molecule has 0 aromatic carbocycles. The highest BCUT2D eigenvalue weighted by Gasteiger charge is 2.07. The molecule has 70 valence electrons. The Morgan fingerprint density at radius 3 is 2.64 bits per heavy atom. The molecule has 0 fully saturated rings. The van der Waals surface area contributed by atoms with Crippen LogP contribution in [-0.2, 0) is 14.1 Å². The smallest absolute Gasteiger partial charge is 0.328 e. The standard InChI is InChI=1S/C7H8N4O2.Mg/c1-10-3-8-5-4(10)6(12)11(2)7(13)9-5;/h3H,1-2H3,(H,9,13);. The summed E-state index contributed by atoms with van der Waals surface area (Å²) in [4.78, 5) is 29.0. The molecular weight excluding hydrogens is 196 g/mol. The predicted octanol–water partition coefficient (Wildman–Crippen LogP) is -1.42. The van der Waals surface area contributed by atoms with Crippen molar-refractivity contribution in [2.75, 3.05) is 0 Å². The molecule has 2 aromatic rings. The minimum absolute atomic E-state index is 0. The highest BCUT2D eigenvalue weighted by molar-refractivity contribution is 5.75. The highest BCUT2D eigenvalue weighted by atomic mass is 24.3. The zero-order valence-electron chi connectivity index (χ0n) is 7.94. The van der Waals surface area contributed by atoms with Gasteiger partial charge in [0.15, 0.2) is 11.2 Å². The van der Waals surface area contributed by atoms with E-state index in [1.807, 2.05) is 0 Å². The van der Waals surface area contributed by atoms with Gasteiger partial charge >= 0.3 is 5.69 Å². The van der Waals surface area contributed by atoms with Gasteiger partial charge in [0.1, 0.15) is 0 Å². The molecule has 0 aliphatic rings. The molecular formula is C7H8MgN4O2. The van der Waals surface area contributed by atoms with E-state index in [0.717, 1.165) is 4.57 Å². The first-order chi connectivity index (χ1) is 6.11. The van der Waals surface area contributed by atoms with Crippen LogP contribution < -0.4 is 11.2 Å². The van der Waals surface area contributed by atoms with E-state index in [1.54, 1.807) is 11.6 Å². The third kappa shape index (κ3) is 1.38. The van der Waals surface area contributed by atoms with Crippen LogP contribution in [0.5, 0.6) is 0 Å². The van der Waals surface area contributed by atoms with Crippen LogP contribution in [0.25, 0.3) is 11.2 Å². The third-order valence-corrected chi connectivity index (χ3v) is 1.97. The second-order valence-electron chi connectivity index (χ2n) is 2.85. The molecule has 0 spiro atoms. The maximum Gasteiger partial charge on any atom is 0.329 e. The van der Waals surface area contributed by atoms with Gasteiger partial charge in [-0.15, -0.1) is 0 Å². The van der Waals surface area contributed by atoms with Crippen LogP contribution in [0.15, 0.2) is 15.9 Å². The van der Waals surface area contributed by atoms with E-state index in [4.69, 9.17) is 0 Å². The van der Waals surface area contributed by atoms with Gasteiger partial charge in [-0.1, -0.05) is 0 Å². The monoisotopic (exact) mass is 204 g/mol. The number of nitrogens with zero attached hydrogens (tertiary/aromatic N) is 3. The molecule has 0 atom stereocenters. The fourth-order valence-corrected chi connectivity index (χ4v) is 1.21. The molecule has 2 aromatic heterocycles. The maximum atomic E-state index is 11.5. The molecule has 0 saturated carbocycles. The summed E-state index contributed by atoms with van der Waals surface area (Å²) in [5.74, 6) is 0. The van der Waals surface area contributed by atoms with E-state index in [0.29, 0.717) is 11.2 Å². The van der Waals surface area contributed by atoms with E-state index < -0.39 is 5.69 Å². The number of H-pyrrole nitrogens is 1. The predicted molar refractivity (Wildman–Crippen MR) is 52.3 cm³/mol. The molecule has 6 nitrogen and oxygen atoms in total. The van der Waals surface area contributed by atoms with Crippen molar-refractivity contribution in [1.29, 1.82) is 0 Å². The van der Waals surface area contributed by atoms with Gasteiger partial charge < -0.3 is 4.57 Å². The van der Waals surface area contributed by atoms with Gasteiger partial charge in [0.05, 0.1) is 6.33 Å². The van der Waals surface area contributed by atoms with E-state index in [2.05, 4.69) is 9.97 Å². The number of aromatic amines is 1. The Hall–Kier alpha value is -1.08. The van der Waals surface area contributed by atoms with Gasteiger partial charge in [0.2, 0.25) is 0 Å². The maximum absolute atomic E-state index is 11.5. The van der Waals surface area contributed by atoms with Crippen molar-refractivity contribution < 1.29 is 0 Å². The Labute approximate surface area is 94.7 Å². The first-order valence-electron chi connectivity index (χ1n) is 3.71. The topological polar surface area (TPSA) is 72.7 Å². The highest BCUT2D eigenvalue weighted by Crippen LogP contribution is 1.98. The second kappa shape index (κ2) is 3.58. The molecule has 0 unspecified atom stereocenters. The van der Waals surface area contributed by atoms with Crippen molar-refractivity contribution in [2.24, 2.45) is 14.1 Å². The summed E-state index contributed by atoms with van der Waals surface area (Å²) in [7, 11) is 3.13. The summed E-state index contributed by atoms with van der Waals surface area (Å²) < 4.78 is 2.59. The minimum atomic E-state index is -0.448. The van der Waals surface area contributed by atoms with Crippen LogP contribution >= 0.6 is 0 Å². The summed E-state index contributed by atoms with van der Waals surface area (Å²) in [6, 6.07) is 0. The summed E-state index contributed by atoms with van der Waals surface area (Å²) in [6.07, 6.45) is 1.49. The van der Waals surface area contributed by atoms with Gasteiger partial charge in [-0.05, 0) is 0 Å². The fraction of sp³-hybridized carbons (Fsp3) is 0.286. The van der Waals surface area contributed by atoms with Crippen LogP contribution in [0.2, 0.25) is 0 Å². The van der Waals surface area contributed by atoms with Gasteiger partial charge in [-0.2, -0.15) is 0 Å². The summed E-state index contributed by atoms with van der Waals surface area (Å²) in [5.41, 5.74) is -0.0485. The van der Waals surface area contributed by atoms with Gasteiger partial charge in [-0.3, -0.25) is 14.3 Å². The number of aryl methyl sites for hydroxylation is 1. The Bertz CT molecular complexity index is 579. The first-order valence-corrected chi connectivity index (χ1v) is 3.71. The lowest BCUT2D eigenvalue weighted by atomic mass is 10.5. The normalized spacial score (nSPS) is 10.1. The number of fused-ring (bicyclic) bond motifs is 1. The quantitative estimate of drug-likeness (QED) is 0.535. The van der Waals surface area contributed by atoms with Gasteiger partial charge in [0.25, 0.3) is 5.56 Å². The molecule has 1 N–H and O–H groups in total. The summed E-state index contributed by atoms with van der Waals surface area (Å²) >= 11 is 0. The molecule has 0 amide bonds. The largest absolute Gasteiger partial charge is 0.329 e. The van der Waals surface area contributed by atoms with Gasteiger partial charge in [0, 0.05) is 37.1 Å². The summed E-state index contributed by atoms with van der Waals surface area (Å²) in [5, 5.41) is 0. The molecule has 2 heterocycles. The zero-order chi connectivity index (χ0) is 9.59. The lowest BCUT2D eigenvalue weighted by Gasteiger charge is -1.96. The molecule has 2 rings (SSSR count). The lowest BCUT2D eigenvalue weighted by Crippen LogP contribution is -2.33. The Morgan fingerprint density at radius 1 is 1.36 bits per heavy atom. The van der Waals surface area contributed by atoms with Crippen molar-refractivity contribution in [3.8, 4) is 0 Å². The van der Waals surface area contributed by atoms with Crippen molar-refractivity contribution >= 4 is 34.2 Å². The van der Waals surface area contributed by atoms with Crippen LogP contribution in [-0.4, -0.2) is 42.2 Å². The zero-order valence-corrected chi connectivity index (χ0v) is 9.36. The third-order valence-electron chi connectivity index (χ3n) is 1.97. The van der Waals surface area contributed by atoms with Crippen molar-refractivity contribution in [3.63, 3.8) is 0 Å². The molecule has 7 heteroatoms. The Balaban J connectivity index is 0.000000980. The number of nitrogens with one attached hydrogen (secondary N) is 1. The summed E-state index contributed by atoms with van der Waals surface area (Å²) in [6.45, 7) is 0. The van der Waals surface area contributed by atoms with Crippen LogP contribution in [0.1, 0.15) is 0 Å². The second-order valence-corrected chi connectivity index (χ2v) is 2.85. The van der Waals surface area contributed by atoms with Crippen LogP contribution in [0, 0.1) is 0 Å². The van der Waals surface area contributed by atoms with E-state index >= 15 is 0 Å². The SMILES string of the molecule is Cn1c(=O)[nH]c2ncn(C)c2c1=O.[Mg]. The van der Waals surface area contributed by atoms with E-state index in [9.17, 15) is 9.59 Å². The first kappa shape index (κ1) is 11.0. The van der Waals surface area contributed by atoms with Crippen molar-refractivity contribution in [3.05, 3.63) is 27.2 Å². The molecule has 0 aliphatic carbocycles. The Kier molecular flexibility index (Phi) is 2.81. The number of aromatic nitrogens is 4. The van der Waals surface area contributed by atoms with E-state index in [-0.39, 0.29) is 28.6 Å². The van der Waals surface area contributed by atoms with Crippen LogP contribution in [0.4, 0.5) is 0 Å². The van der Waals surface area contributed by atoms with E-state index in [1.165, 1.54) is 13.4 Å². The average molecular weight is 204 g/mol. The fourth-order valence-electron chi connectivity index (χ4n) is 1.21. The number of rotatable bonds is 0. The molecule has 0 saturated heterocycles. The van der Waals surface area contributed by atoms with Gasteiger partial charge in [-0.25, -0.2) is 9.78 Å². The van der Waals surface area contributed by atoms with Crippen LogP contribution in [0.3, 0.4) is 0 Å². The average Bonchev–Trinajstić information content (AvgIpc) is 2.43. The number of hydrogen-bond acceptors (Lipinski definition) is 3. The number of imidazole rings is 1. The minimum Gasteiger partial charge on any atom is -0.328 e. The Morgan fingerprint density at radius 2 is 2.00 bits per heavy atom. The molecule has 0 bridgehead atoms. The molecule has 14 heavy (non-hydrogen) atoms. The molecule has 2 radical (unpaired) electrons. The van der Waals surface area contributed by atoms with Crippen molar-refractivity contribution in [1.82, 2.24) is 19.1 Å². The lowest BCUT2D eigenvalue weighted by molar-refractivity contribution is 0.783.